The zero-order chi connectivity index (χ0) is 23.8. The Morgan fingerprint density at radius 2 is 1.43 bits per heavy atom. The van der Waals surface area contributed by atoms with Crippen LogP contribution in [0.3, 0.4) is 0 Å². The molecule has 6 nitrogen and oxygen atoms in total. The Morgan fingerprint density at radius 1 is 0.829 bits per heavy atom. The molecule has 0 spiro atoms. The minimum Gasteiger partial charge on any atom is -0.342 e. The number of amides is 1. The Hall–Kier alpha value is -3.93. The second-order valence-electron chi connectivity index (χ2n) is 9.69. The second kappa shape index (κ2) is 9.02. The number of carbonyl (C=O) groups excluding carboxylic acids is 1. The van der Waals surface area contributed by atoms with Gasteiger partial charge < -0.3 is 4.90 Å². The molecule has 3 aromatic carbocycles. The van der Waals surface area contributed by atoms with Crippen LogP contribution in [-0.4, -0.2) is 38.7 Å². The van der Waals surface area contributed by atoms with Gasteiger partial charge in [-0.3, -0.25) is 4.79 Å². The number of hydrogen-bond acceptors (Lipinski definition) is 3. The standard InChI is InChI=1S/C29H28N4O2/c34-28(25-10-11-25)32-17-16-20(19-32)18-27-30-31-29(35)33(27)26-14-12-24(13-15-26)23-8-6-22(7-9-23)21-4-2-1-3-5-21/h1-9,12-15,20,25H,10-11,16-19H2,(H,31,35). The molecule has 0 bridgehead atoms. The molecule has 1 aromatic heterocycles. The molecular weight excluding hydrogens is 436 g/mol. The fraction of sp³-hybridized carbons (Fsp3) is 0.276. The van der Waals surface area contributed by atoms with E-state index in [0.29, 0.717) is 18.2 Å². The molecule has 1 saturated heterocycles. The number of nitrogens with zero attached hydrogens (tertiary/aromatic N) is 3. The zero-order valence-electron chi connectivity index (χ0n) is 19.6. The topological polar surface area (TPSA) is 71.0 Å². The minimum atomic E-state index is -0.233. The van der Waals surface area contributed by atoms with Crippen molar-refractivity contribution in [3.05, 3.63) is 95.2 Å². The van der Waals surface area contributed by atoms with Crippen molar-refractivity contribution in [1.29, 1.82) is 0 Å². The predicted octanol–water partition coefficient (Wildman–Crippen LogP) is 4.70. The van der Waals surface area contributed by atoms with Gasteiger partial charge in [0.05, 0.1) is 5.69 Å². The predicted molar refractivity (Wildman–Crippen MR) is 136 cm³/mol. The molecule has 1 N–H and O–H groups in total. The zero-order valence-corrected chi connectivity index (χ0v) is 19.6. The lowest BCUT2D eigenvalue weighted by Crippen LogP contribution is -2.30. The first-order valence-electron chi connectivity index (χ1n) is 12.4. The number of carbonyl (C=O) groups is 1. The maximum absolute atomic E-state index is 12.6. The van der Waals surface area contributed by atoms with Gasteiger partial charge in [0.2, 0.25) is 5.91 Å². The van der Waals surface area contributed by atoms with Gasteiger partial charge in [-0.05, 0) is 59.6 Å². The van der Waals surface area contributed by atoms with E-state index in [2.05, 4.69) is 46.6 Å². The molecule has 1 saturated carbocycles. The molecule has 1 amide bonds. The quantitative estimate of drug-likeness (QED) is 0.450. The molecule has 6 rings (SSSR count). The van der Waals surface area contributed by atoms with Crippen LogP contribution < -0.4 is 5.69 Å². The molecule has 176 valence electrons. The first-order chi connectivity index (χ1) is 17.2. The highest BCUT2D eigenvalue weighted by Gasteiger charge is 2.36. The molecule has 2 aliphatic rings. The van der Waals surface area contributed by atoms with E-state index in [4.69, 9.17) is 0 Å². The van der Waals surface area contributed by atoms with Gasteiger partial charge in [-0.15, -0.1) is 0 Å². The molecule has 4 aromatic rings. The van der Waals surface area contributed by atoms with Crippen molar-refractivity contribution in [1.82, 2.24) is 19.7 Å². The summed E-state index contributed by atoms with van der Waals surface area (Å²) in [5, 5.41) is 6.93. The number of likely N-dealkylation sites (tertiary alicyclic amines) is 1. The van der Waals surface area contributed by atoms with Crippen molar-refractivity contribution in [3.63, 3.8) is 0 Å². The van der Waals surface area contributed by atoms with E-state index in [9.17, 15) is 9.59 Å². The van der Waals surface area contributed by atoms with Crippen LogP contribution in [0.5, 0.6) is 0 Å². The van der Waals surface area contributed by atoms with Gasteiger partial charge in [0.1, 0.15) is 5.82 Å². The third-order valence-electron chi connectivity index (χ3n) is 7.19. The summed E-state index contributed by atoms with van der Waals surface area (Å²) in [5.41, 5.74) is 5.17. The van der Waals surface area contributed by atoms with E-state index in [0.717, 1.165) is 55.0 Å². The lowest BCUT2D eigenvalue weighted by atomic mass is 10.00. The molecular formula is C29H28N4O2. The van der Waals surface area contributed by atoms with Crippen LogP contribution in [0.4, 0.5) is 0 Å². The average molecular weight is 465 g/mol. The summed E-state index contributed by atoms with van der Waals surface area (Å²) < 4.78 is 1.66. The summed E-state index contributed by atoms with van der Waals surface area (Å²) >= 11 is 0. The minimum absolute atomic E-state index is 0.233. The van der Waals surface area contributed by atoms with Crippen LogP contribution in [0.2, 0.25) is 0 Å². The first kappa shape index (κ1) is 21.6. The Bertz CT molecular complexity index is 1380. The van der Waals surface area contributed by atoms with E-state index in [-0.39, 0.29) is 11.6 Å². The van der Waals surface area contributed by atoms with Gasteiger partial charge in [-0.2, -0.15) is 5.10 Å². The number of aromatic nitrogens is 3. The van der Waals surface area contributed by atoms with Crippen molar-refractivity contribution in [2.75, 3.05) is 13.1 Å². The third kappa shape index (κ3) is 4.44. The Morgan fingerprint density at radius 3 is 2.06 bits per heavy atom. The summed E-state index contributed by atoms with van der Waals surface area (Å²) in [6.07, 6.45) is 3.70. The third-order valence-corrected chi connectivity index (χ3v) is 7.19. The van der Waals surface area contributed by atoms with E-state index in [1.807, 2.05) is 47.4 Å². The molecule has 6 heteroatoms. The van der Waals surface area contributed by atoms with Crippen LogP contribution in [0, 0.1) is 11.8 Å². The monoisotopic (exact) mass is 464 g/mol. The van der Waals surface area contributed by atoms with E-state index < -0.39 is 0 Å². The van der Waals surface area contributed by atoms with Crippen LogP contribution in [0.1, 0.15) is 25.1 Å². The SMILES string of the molecule is O=C(C1CC1)N1CCC(Cc2n[nH]c(=O)n2-c2ccc(-c3ccc(-c4ccccc4)cc3)cc2)C1. The van der Waals surface area contributed by atoms with Crippen molar-refractivity contribution in [2.45, 2.75) is 25.7 Å². The number of hydrogen-bond donors (Lipinski definition) is 1. The van der Waals surface area contributed by atoms with Crippen molar-refractivity contribution in [2.24, 2.45) is 11.8 Å². The maximum atomic E-state index is 12.6. The van der Waals surface area contributed by atoms with Gasteiger partial charge >= 0.3 is 5.69 Å². The van der Waals surface area contributed by atoms with Gasteiger partial charge in [0.15, 0.2) is 0 Å². The first-order valence-corrected chi connectivity index (χ1v) is 12.4. The van der Waals surface area contributed by atoms with Gasteiger partial charge in [0, 0.05) is 25.4 Å². The van der Waals surface area contributed by atoms with E-state index in [1.165, 1.54) is 11.1 Å². The van der Waals surface area contributed by atoms with Crippen LogP contribution >= 0.6 is 0 Å². The lowest BCUT2D eigenvalue weighted by Gasteiger charge is -2.16. The van der Waals surface area contributed by atoms with Crippen molar-refractivity contribution >= 4 is 5.91 Å². The number of aromatic amines is 1. The highest BCUT2D eigenvalue weighted by atomic mass is 16.2. The summed E-state index contributed by atoms with van der Waals surface area (Å²) in [6.45, 7) is 1.57. The lowest BCUT2D eigenvalue weighted by molar-refractivity contribution is -0.131. The van der Waals surface area contributed by atoms with E-state index >= 15 is 0 Å². The molecule has 1 aliphatic carbocycles. The molecule has 0 radical (unpaired) electrons. The maximum Gasteiger partial charge on any atom is 0.347 e. The van der Waals surface area contributed by atoms with Crippen molar-refractivity contribution in [3.8, 4) is 27.9 Å². The molecule has 1 aliphatic heterocycles. The highest BCUT2D eigenvalue weighted by Crippen LogP contribution is 2.33. The van der Waals surface area contributed by atoms with Crippen LogP contribution in [0.25, 0.3) is 27.9 Å². The molecule has 35 heavy (non-hydrogen) atoms. The van der Waals surface area contributed by atoms with Crippen LogP contribution in [0.15, 0.2) is 83.7 Å². The number of nitrogens with one attached hydrogen (secondary N) is 1. The highest BCUT2D eigenvalue weighted by molar-refractivity contribution is 5.81. The summed E-state index contributed by atoms with van der Waals surface area (Å²) in [5.74, 6) is 1.61. The van der Waals surface area contributed by atoms with Gasteiger partial charge in [-0.1, -0.05) is 66.7 Å². The molecule has 1 atom stereocenters. The largest absolute Gasteiger partial charge is 0.347 e. The Kier molecular flexibility index (Phi) is 5.57. The second-order valence-corrected chi connectivity index (χ2v) is 9.69. The van der Waals surface area contributed by atoms with Gasteiger partial charge in [0.25, 0.3) is 0 Å². The van der Waals surface area contributed by atoms with Gasteiger partial charge in [-0.25, -0.2) is 14.5 Å². The summed E-state index contributed by atoms with van der Waals surface area (Å²) in [4.78, 5) is 27.0. The fourth-order valence-corrected chi connectivity index (χ4v) is 5.07. The Labute approximate surface area is 204 Å². The number of benzene rings is 3. The summed E-state index contributed by atoms with van der Waals surface area (Å²) in [6, 6.07) is 26.9. The molecule has 1 unspecified atom stereocenters. The van der Waals surface area contributed by atoms with Crippen LogP contribution in [-0.2, 0) is 11.2 Å². The average Bonchev–Trinajstić information content (AvgIpc) is 3.55. The van der Waals surface area contributed by atoms with E-state index in [1.54, 1.807) is 4.57 Å². The number of rotatable bonds is 6. The molecule has 2 heterocycles. The summed E-state index contributed by atoms with van der Waals surface area (Å²) in [7, 11) is 0. The fourth-order valence-electron chi connectivity index (χ4n) is 5.07. The molecule has 2 fully saturated rings. The normalized spacial score (nSPS) is 17.6. The number of H-pyrrole nitrogens is 1. The smallest absolute Gasteiger partial charge is 0.342 e. The van der Waals surface area contributed by atoms with Crippen molar-refractivity contribution < 1.29 is 4.79 Å². The Balaban J connectivity index is 1.18.